The number of rotatable bonds is 4. The van der Waals surface area contributed by atoms with E-state index in [1.807, 2.05) is 0 Å². The molecule has 4 heteroatoms. The number of nitrogens with one attached hydrogen (secondary N) is 1. The van der Waals surface area contributed by atoms with Crippen LogP contribution in [0.15, 0.2) is 18.6 Å². The van der Waals surface area contributed by atoms with Gasteiger partial charge in [-0.3, -0.25) is 4.98 Å². The maximum Gasteiger partial charge on any atom is 0.144 e. The van der Waals surface area contributed by atoms with Crippen molar-refractivity contribution in [3.05, 3.63) is 18.6 Å². The van der Waals surface area contributed by atoms with Crippen LogP contribution in [0, 0.1) is 0 Å². The minimum absolute atomic E-state index is 0.381. The van der Waals surface area contributed by atoms with Crippen molar-refractivity contribution in [1.29, 1.82) is 0 Å². The fourth-order valence-electron chi connectivity index (χ4n) is 1.22. The van der Waals surface area contributed by atoms with Crippen molar-refractivity contribution >= 4 is 5.82 Å². The summed E-state index contributed by atoms with van der Waals surface area (Å²) < 4.78 is 0. The number of aromatic nitrogens is 2. The largest absolute Gasteiger partial charge is 0.365 e. The number of likely N-dealkylation sites (N-methyl/N-ethyl adjacent to an activating group) is 1. The Morgan fingerprint density at radius 1 is 1.46 bits per heavy atom. The smallest absolute Gasteiger partial charge is 0.144 e. The zero-order valence-corrected chi connectivity index (χ0v) is 8.36. The van der Waals surface area contributed by atoms with E-state index in [9.17, 15) is 0 Å². The summed E-state index contributed by atoms with van der Waals surface area (Å²) in [5, 5.41) is 3.26. The van der Waals surface area contributed by atoms with Crippen LogP contribution in [0.2, 0.25) is 0 Å². The molecule has 1 aromatic rings. The Morgan fingerprint density at radius 3 is 2.77 bits per heavy atom. The summed E-state index contributed by atoms with van der Waals surface area (Å²) in [5.41, 5.74) is 0. The lowest BCUT2D eigenvalue weighted by atomic mass is 10.3. The van der Waals surface area contributed by atoms with Crippen molar-refractivity contribution in [2.24, 2.45) is 0 Å². The second kappa shape index (κ2) is 4.77. The van der Waals surface area contributed by atoms with Crippen LogP contribution in [-0.4, -0.2) is 41.5 Å². The Morgan fingerprint density at radius 2 is 2.23 bits per heavy atom. The Hall–Kier alpha value is -1.16. The molecule has 72 valence electrons. The van der Waals surface area contributed by atoms with Gasteiger partial charge in [0.15, 0.2) is 0 Å². The third kappa shape index (κ3) is 3.85. The molecule has 0 aliphatic carbocycles. The maximum absolute atomic E-state index is 4.13. The van der Waals surface area contributed by atoms with E-state index < -0.39 is 0 Å². The van der Waals surface area contributed by atoms with Gasteiger partial charge in [0.25, 0.3) is 0 Å². The average molecular weight is 180 g/mol. The highest BCUT2D eigenvalue weighted by Gasteiger charge is 2.02. The van der Waals surface area contributed by atoms with Crippen molar-refractivity contribution in [2.75, 3.05) is 26.0 Å². The van der Waals surface area contributed by atoms with Gasteiger partial charge in [0.2, 0.25) is 0 Å². The van der Waals surface area contributed by atoms with Crippen molar-refractivity contribution < 1.29 is 0 Å². The number of hydrogen-bond acceptors (Lipinski definition) is 4. The van der Waals surface area contributed by atoms with Crippen molar-refractivity contribution in [3.63, 3.8) is 0 Å². The first kappa shape index (κ1) is 9.92. The molecule has 0 spiro atoms. The normalized spacial score (nSPS) is 12.9. The van der Waals surface area contributed by atoms with E-state index >= 15 is 0 Å². The maximum atomic E-state index is 4.13. The highest BCUT2D eigenvalue weighted by molar-refractivity contribution is 5.31. The Bertz CT molecular complexity index is 235. The summed E-state index contributed by atoms with van der Waals surface area (Å²) in [4.78, 5) is 10.2. The third-order valence-corrected chi connectivity index (χ3v) is 1.60. The van der Waals surface area contributed by atoms with E-state index in [1.54, 1.807) is 18.6 Å². The first-order chi connectivity index (χ1) is 6.18. The van der Waals surface area contributed by atoms with Gasteiger partial charge in [0.05, 0.1) is 6.20 Å². The quantitative estimate of drug-likeness (QED) is 0.745. The first-order valence-electron chi connectivity index (χ1n) is 4.36. The lowest BCUT2D eigenvalue weighted by Gasteiger charge is -2.18. The molecule has 1 atom stereocenters. The van der Waals surface area contributed by atoms with Crippen molar-refractivity contribution in [1.82, 2.24) is 14.9 Å². The second-order valence-electron chi connectivity index (χ2n) is 3.40. The highest BCUT2D eigenvalue weighted by atomic mass is 15.1. The van der Waals surface area contributed by atoms with Crippen LogP contribution >= 0.6 is 0 Å². The minimum Gasteiger partial charge on any atom is -0.365 e. The van der Waals surface area contributed by atoms with Gasteiger partial charge in [-0.15, -0.1) is 0 Å². The van der Waals surface area contributed by atoms with Crippen LogP contribution in [0.4, 0.5) is 5.82 Å². The van der Waals surface area contributed by atoms with Crippen LogP contribution in [-0.2, 0) is 0 Å². The van der Waals surface area contributed by atoms with E-state index in [2.05, 4.69) is 41.2 Å². The molecule has 13 heavy (non-hydrogen) atoms. The van der Waals surface area contributed by atoms with Crippen LogP contribution in [0.25, 0.3) is 0 Å². The highest BCUT2D eigenvalue weighted by Crippen LogP contribution is 2.00. The van der Waals surface area contributed by atoms with Crippen molar-refractivity contribution in [3.8, 4) is 0 Å². The van der Waals surface area contributed by atoms with Crippen LogP contribution in [0.3, 0.4) is 0 Å². The summed E-state index contributed by atoms with van der Waals surface area (Å²) in [6, 6.07) is 0.381. The molecule has 0 bridgehead atoms. The Balaban J connectivity index is 2.41. The first-order valence-corrected chi connectivity index (χ1v) is 4.36. The standard InChI is InChI=1S/C9H16N4/c1-8(7-13(2)3)12-9-6-10-4-5-11-9/h4-6,8H,7H2,1-3H3,(H,11,12). The average Bonchev–Trinajstić information content (AvgIpc) is 2.04. The van der Waals surface area contributed by atoms with E-state index in [1.165, 1.54) is 0 Å². The van der Waals surface area contributed by atoms with Gasteiger partial charge < -0.3 is 10.2 Å². The minimum atomic E-state index is 0.381. The van der Waals surface area contributed by atoms with E-state index in [-0.39, 0.29) is 0 Å². The van der Waals surface area contributed by atoms with E-state index in [0.717, 1.165) is 12.4 Å². The number of anilines is 1. The molecule has 1 unspecified atom stereocenters. The summed E-state index contributed by atoms with van der Waals surface area (Å²) in [6.45, 7) is 3.10. The Kier molecular flexibility index (Phi) is 3.64. The zero-order valence-electron chi connectivity index (χ0n) is 8.36. The van der Waals surface area contributed by atoms with Gasteiger partial charge in [0, 0.05) is 25.0 Å². The van der Waals surface area contributed by atoms with Crippen molar-refractivity contribution in [2.45, 2.75) is 13.0 Å². The lowest BCUT2D eigenvalue weighted by Crippen LogP contribution is -2.29. The molecule has 0 amide bonds. The van der Waals surface area contributed by atoms with Gasteiger partial charge >= 0.3 is 0 Å². The molecule has 0 aliphatic heterocycles. The van der Waals surface area contributed by atoms with Gasteiger partial charge in [-0.2, -0.15) is 0 Å². The summed E-state index contributed by atoms with van der Waals surface area (Å²) in [5.74, 6) is 0.830. The zero-order chi connectivity index (χ0) is 9.68. The molecule has 4 nitrogen and oxygen atoms in total. The second-order valence-corrected chi connectivity index (χ2v) is 3.40. The molecule has 1 rings (SSSR count). The molecule has 0 radical (unpaired) electrons. The van der Waals surface area contributed by atoms with Gasteiger partial charge in [-0.25, -0.2) is 4.98 Å². The molecule has 1 N–H and O–H groups in total. The molecule has 0 saturated heterocycles. The fourth-order valence-corrected chi connectivity index (χ4v) is 1.22. The van der Waals surface area contributed by atoms with Crippen LogP contribution in [0.1, 0.15) is 6.92 Å². The van der Waals surface area contributed by atoms with Gasteiger partial charge in [-0.05, 0) is 21.0 Å². The topological polar surface area (TPSA) is 41.0 Å². The molecular formula is C9H16N4. The molecule has 1 aromatic heterocycles. The number of hydrogen-bond donors (Lipinski definition) is 1. The van der Waals surface area contributed by atoms with Gasteiger partial charge in [-0.1, -0.05) is 0 Å². The lowest BCUT2D eigenvalue weighted by molar-refractivity contribution is 0.392. The molecule has 0 fully saturated rings. The fraction of sp³-hybridized carbons (Fsp3) is 0.556. The summed E-state index contributed by atoms with van der Waals surface area (Å²) in [7, 11) is 4.10. The Labute approximate surface area is 79.0 Å². The molecule has 1 heterocycles. The van der Waals surface area contributed by atoms with Crippen LogP contribution < -0.4 is 5.32 Å². The van der Waals surface area contributed by atoms with E-state index in [4.69, 9.17) is 0 Å². The SMILES string of the molecule is CC(CN(C)C)Nc1cnccn1. The van der Waals surface area contributed by atoms with Crippen LogP contribution in [0.5, 0.6) is 0 Å². The monoisotopic (exact) mass is 180 g/mol. The molecule has 0 aromatic carbocycles. The summed E-state index contributed by atoms with van der Waals surface area (Å²) >= 11 is 0. The van der Waals surface area contributed by atoms with Gasteiger partial charge in [0.1, 0.15) is 5.82 Å². The van der Waals surface area contributed by atoms with E-state index in [0.29, 0.717) is 6.04 Å². The summed E-state index contributed by atoms with van der Waals surface area (Å²) in [6.07, 6.45) is 5.08. The molecular weight excluding hydrogens is 164 g/mol. The predicted molar refractivity (Wildman–Crippen MR) is 53.7 cm³/mol. The molecule has 0 saturated carbocycles. The molecule has 0 aliphatic rings. The predicted octanol–water partition coefficient (Wildman–Crippen LogP) is 0.839. The third-order valence-electron chi connectivity index (χ3n) is 1.60. The number of nitrogens with zero attached hydrogens (tertiary/aromatic N) is 3.